The molecule has 0 unspecified atom stereocenters. The van der Waals surface area contributed by atoms with E-state index in [4.69, 9.17) is 0 Å². The van der Waals surface area contributed by atoms with Crippen molar-refractivity contribution in [2.75, 3.05) is 17.7 Å². The maximum Gasteiger partial charge on any atom is 0.255 e. The summed E-state index contributed by atoms with van der Waals surface area (Å²) in [6.45, 7) is 3.97. The fourth-order valence-electron chi connectivity index (χ4n) is 2.10. The molecular weight excluding hydrogens is 316 g/mol. The summed E-state index contributed by atoms with van der Waals surface area (Å²) in [6, 6.07) is 11.4. The summed E-state index contributed by atoms with van der Waals surface area (Å²) < 4.78 is 0.953. The normalized spacial score (nSPS) is 10.2. The van der Waals surface area contributed by atoms with E-state index in [1.807, 2.05) is 57.3 Å². The Bertz CT molecular complexity index is 633. The van der Waals surface area contributed by atoms with E-state index in [-0.39, 0.29) is 5.91 Å². The highest BCUT2D eigenvalue weighted by molar-refractivity contribution is 9.10. The van der Waals surface area contributed by atoms with Gasteiger partial charge in [0, 0.05) is 28.5 Å². The Balaban J connectivity index is 2.21. The van der Waals surface area contributed by atoms with E-state index in [2.05, 4.69) is 26.6 Å². The molecule has 0 spiro atoms. The van der Waals surface area contributed by atoms with Crippen LogP contribution in [-0.2, 0) is 0 Å². The fourth-order valence-corrected chi connectivity index (χ4v) is 2.70. The van der Waals surface area contributed by atoms with Crippen LogP contribution in [0.3, 0.4) is 0 Å². The van der Waals surface area contributed by atoms with Crippen LogP contribution >= 0.6 is 15.9 Å². The minimum Gasteiger partial charge on any atom is -0.388 e. The Kier molecular flexibility index (Phi) is 4.45. The summed E-state index contributed by atoms with van der Waals surface area (Å²) in [5, 5.41) is 6.00. The molecule has 1 amide bonds. The molecule has 0 bridgehead atoms. The average molecular weight is 333 g/mol. The van der Waals surface area contributed by atoms with Crippen molar-refractivity contribution in [1.82, 2.24) is 0 Å². The van der Waals surface area contributed by atoms with Crippen molar-refractivity contribution in [3.8, 4) is 0 Å². The number of carbonyl (C=O) groups excluding carboxylic acids is 1. The summed E-state index contributed by atoms with van der Waals surface area (Å²) in [5.74, 6) is -0.103. The lowest BCUT2D eigenvalue weighted by atomic mass is 10.1. The van der Waals surface area contributed by atoms with Crippen molar-refractivity contribution in [3.63, 3.8) is 0 Å². The Hall–Kier alpha value is -1.81. The molecule has 4 heteroatoms. The Morgan fingerprint density at radius 2 is 1.85 bits per heavy atom. The van der Waals surface area contributed by atoms with Crippen LogP contribution in [-0.4, -0.2) is 13.0 Å². The fraction of sp³-hybridized carbons (Fsp3) is 0.188. The maximum absolute atomic E-state index is 12.2. The molecule has 0 aliphatic carbocycles. The van der Waals surface area contributed by atoms with Gasteiger partial charge in [0.2, 0.25) is 0 Å². The van der Waals surface area contributed by atoms with Crippen LogP contribution in [0.1, 0.15) is 21.5 Å². The topological polar surface area (TPSA) is 41.1 Å². The first-order valence-electron chi connectivity index (χ1n) is 6.36. The largest absolute Gasteiger partial charge is 0.388 e. The molecule has 104 valence electrons. The first kappa shape index (κ1) is 14.6. The van der Waals surface area contributed by atoms with Crippen molar-refractivity contribution in [2.45, 2.75) is 13.8 Å². The highest BCUT2D eigenvalue weighted by Crippen LogP contribution is 2.21. The van der Waals surface area contributed by atoms with Gasteiger partial charge in [-0.25, -0.2) is 0 Å². The van der Waals surface area contributed by atoms with Crippen LogP contribution in [0.25, 0.3) is 0 Å². The van der Waals surface area contributed by atoms with E-state index in [0.717, 1.165) is 27.0 Å². The number of hydrogen-bond donors (Lipinski definition) is 2. The monoisotopic (exact) mass is 332 g/mol. The van der Waals surface area contributed by atoms with Gasteiger partial charge >= 0.3 is 0 Å². The summed E-state index contributed by atoms with van der Waals surface area (Å²) in [6.07, 6.45) is 0. The molecule has 2 aromatic rings. The smallest absolute Gasteiger partial charge is 0.255 e. The van der Waals surface area contributed by atoms with Gasteiger partial charge in [0.15, 0.2) is 0 Å². The summed E-state index contributed by atoms with van der Waals surface area (Å²) in [4.78, 5) is 12.2. The van der Waals surface area contributed by atoms with Gasteiger partial charge in [0.1, 0.15) is 0 Å². The first-order valence-corrected chi connectivity index (χ1v) is 7.16. The lowest BCUT2D eigenvalue weighted by molar-refractivity contribution is 0.102. The highest BCUT2D eigenvalue weighted by atomic mass is 79.9. The van der Waals surface area contributed by atoms with E-state index < -0.39 is 0 Å². The number of rotatable bonds is 3. The number of carbonyl (C=O) groups is 1. The van der Waals surface area contributed by atoms with Gasteiger partial charge in [-0.2, -0.15) is 0 Å². The summed E-state index contributed by atoms with van der Waals surface area (Å²) in [7, 11) is 1.87. The van der Waals surface area contributed by atoms with E-state index in [1.54, 1.807) is 0 Å². The zero-order valence-electron chi connectivity index (χ0n) is 11.8. The van der Waals surface area contributed by atoms with Gasteiger partial charge < -0.3 is 10.6 Å². The number of anilines is 2. The van der Waals surface area contributed by atoms with Crippen LogP contribution < -0.4 is 10.6 Å². The van der Waals surface area contributed by atoms with Crippen molar-refractivity contribution in [3.05, 3.63) is 57.6 Å². The van der Waals surface area contributed by atoms with Crippen LogP contribution in [0, 0.1) is 13.8 Å². The predicted molar refractivity (Wildman–Crippen MR) is 87.6 cm³/mol. The molecule has 0 atom stereocenters. The van der Waals surface area contributed by atoms with Crippen molar-refractivity contribution in [1.29, 1.82) is 0 Å². The molecule has 0 radical (unpaired) electrons. The molecule has 0 heterocycles. The second-order valence-electron chi connectivity index (χ2n) is 4.75. The van der Waals surface area contributed by atoms with Crippen molar-refractivity contribution in [2.24, 2.45) is 0 Å². The molecule has 0 aliphatic rings. The molecule has 0 aromatic heterocycles. The summed E-state index contributed by atoms with van der Waals surface area (Å²) >= 11 is 3.43. The third-order valence-corrected chi connectivity index (χ3v) is 3.52. The van der Waals surface area contributed by atoms with Gasteiger partial charge in [0.05, 0.1) is 0 Å². The van der Waals surface area contributed by atoms with Crippen molar-refractivity contribution >= 4 is 33.2 Å². The number of nitrogens with one attached hydrogen (secondary N) is 2. The quantitative estimate of drug-likeness (QED) is 0.876. The Labute approximate surface area is 127 Å². The van der Waals surface area contributed by atoms with Gasteiger partial charge in [-0.1, -0.05) is 15.9 Å². The number of halogens is 1. The lowest BCUT2D eigenvalue weighted by Crippen LogP contribution is -2.12. The van der Waals surface area contributed by atoms with Gasteiger partial charge in [-0.15, -0.1) is 0 Å². The zero-order chi connectivity index (χ0) is 14.7. The highest BCUT2D eigenvalue weighted by Gasteiger charge is 2.08. The van der Waals surface area contributed by atoms with Crippen LogP contribution in [0.15, 0.2) is 40.9 Å². The van der Waals surface area contributed by atoms with E-state index in [9.17, 15) is 4.79 Å². The molecule has 0 saturated carbocycles. The molecule has 3 nitrogen and oxygen atoms in total. The second-order valence-corrected chi connectivity index (χ2v) is 5.67. The number of aryl methyl sites for hydroxylation is 2. The zero-order valence-corrected chi connectivity index (χ0v) is 13.3. The standard InChI is InChI=1S/C16H17BrN2O/c1-10-6-13(17)9-14(7-10)19-16(20)12-4-5-15(18-3)11(2)8-12/h4-9,18H,1-3H3,(H,19,20). The Morgan fingerprint density at radius 3 is 2.45 bits per heavy atom. The number of amides is 1. The predicted octanol–water partition coefficient (Wildman–Crippen LogP) is 4.36. The van der Waals surface area contributed by atoms with E-state index in [1.165, 1.54) is 0 Å². The van der Waals surface area contributed by atoms with Gasteiger partial charge in [0.25, 0.3) is 5.91 Å². The van der Waals surface area contributed by atoms with Gasteiger partial charge in [-0.05, 0) is 61.4 Å². The minimum absolute atomic E-state index is 0.103. The molecule has 2 aromatic carbocycles. The molecule has 2 rings (SSSR count). The van der Waals surface area contributed by atoms with Crippen LogP contribution in [0.4, 0.5) is 11.4 Å². The minimum atomic E-state index is -0.103. The summed E-state index contributed by atoms with van der Waals surface area (Å²) in [5.41, 5.74) is 4.61. The molecule has 20 heavy (non-hydrogen) atoms. The number of hydrogen-bond acceptors (Lipinski definition) is 2. The van der Waals surface area contributed by atoms with E-state index >= 15 is 0 Å². The number of benzene rings is 2. The van der Waals surface area contributed by atoms with Crippen molar-refractivity contribution < 1.29 is 4.79 Å². The third kappa shape index (κ3) is 3.39. The average Bonchev–Trinajstić information content (AvgIpc) is 2.37. The third-order valence-electron chi connectivity index (χ3n) is 3.06. The molecule has 0 saturated heterocycles. The van der Waals surface area contributed by atoms with E-state index in [0.29, 0.717) is 5.56 Å². The lowest BCUT2D eigenvalue weighted by Gasteiger charge is -2.10. The Morgan fingerprint density at radius 1 is 1.10 bits per heavy atom. The second kappa shape index (κ2) is 6.09. The SMILES string of the molecule is CNc1ccc(C(=O)Nc2cc(C)cc(Br)c2)cc1C. The van der Waals surface area contributed by atoms with Crippen LogP contribution in [0.2, 0.25) is 0 Å². The van der Waals surface area contributed by atoms with Crippen LogP contribution in [0.5, 0.6) is 0 Å². The molecule has 0 aliphatic heterocycles. The molecular formula is C16H17BrN2O. The first-order chi connectivity index (χ1) is 9.49. The molecule has 0 fully saturated rings. The molecule has 2 N–H and O–H groups in total. The van der Waals surface area contributed by atoms with Gasteiger partial charge in [-0.3, -0.25) is 4.79 Å². The maximum atomic E-state index is 12.2.